The lowest BCUT2D eigenvalue weighted by Gasteiger charge is -2.20. The van der Waals surface area contributed by atoms with Crippen LogP contribution >= 0.6 is 361 Å². The van der Waals surface area contributed by atoms with Crippen molar-refractivity contribution in [3.8, 4) is 69.0 Å². The number of rotatable bonds is 30. The van der Waals surface area contributed by atoms with Gasteiger partial charge in [0.2, 0.25) is 5.91 Å². The van der Waals surface area contributed by atoms with Gasteiger partial charge in [-0.1, -0.05) is 61.8 Å². The number of esters is 1. The van der Waals surface area contributed by atoms with Gasteiger partial charge in [-0.25, -0.2) is 4.79 Å². The molecule has 8 rings (SSSR count). The van der Waals surface area contributed by atoms with Crippen LogP contribution < -0.4 is 51.3 Å². The summed E-state index contributed by atoms with van der Waals surface area (Å²) in [5.41, 5.74) is 10.3. The van der Waals surface area contributed by atoms with Gasteiger partial charge in [0.1, 0.15) is 87.3 Å². The normalized spacial score (nSPS) is 11.7. The lowest BCUT2D eigenvalue weighted by atomic mass is 10.1. The molecular formula is C86H94I16N4O21. The number of benzene rings is 8. The number of carbonyl (C=O) groups is 8. The number of nitrogens with one attached hydrogen (secondary N) is 2. The quantitative estimate of drug-likeness (QED) is 0.0114. The highest BCUT2D eigenvalue weighted by molar-refractivity contribution is 14.1. The van der Waals surface area contributed by atoms with Gasteiger partial charge in [0.05, 0.1) is 75.0 Å². The van der Waals surface area contributed by atoms with E-state index in [0.29, 0.717) is 93.3 Å². The number of hydrogen-bond donors (Lipinski definition) is 10. The molecule has 1 amide bonds. The first kappa shape index (κ1) is 123. The SMILES string of the molecule is CC(=O)C(C)C.CC(=O)NC(Cc1cc(I)c(Oc2cc(I)c(O)c(I)c2)c(I)c1)C(=O)O.CC(C)C(=O)OC(C)(C)C.CCCC(=O)C(C)C.CCCCNC(Cc1cc(I)c(Oc2cc(I)c(O)c(I)c2)c(I)c1)C(=O)O.[NH3+]C(Cc1cc(I)c(Oc2cc(I)c(O)c(I)c2)c(I)c1)C(=O)[O-].[NH3+]C(Cc1cc(I)c(Oc2cc(I)c(O)c(I)c2)c(I)c1)C(=O)[O-]. The summed E-state index contributed by atoms with van der Waals surface area (Å²) in [5, 5.41) is 85.5. The molecule has 0 radical (unpaired) electrons. The first-order valence-electron chi connectivity index (χ1n) is 38.0. The molecule has 41 heteroatoms. The molecule has 14 N–H and O–H groups in total. The second kappa shape index (κ2) is 61.4. The van der Waals surface area contributed by atoms with Crippen molar-refractivity contribution < 1.29 is 114 Å². The number of hydrogen-bond acceptors (Lipinski definition) is 20. The molecular weight excluding hydrogens is 3460 g/mol. The van der Waals surface area contributed by atoms with E-state index in [4.69, 9.17) is 23.7 Å². The average Bonchev–Trinajstić information content (AvgIpc) is 0.823. The molecule has 0 saturated carbocycles. The largest absolute Gasteiger partial charge is 0.544 e. The lowest BCUT2D eigenvalue weighted by molar-refractivity contribution is -0.437. The molecule has 8 aromatic rings. The number of phenols is 4. The van der Waals surface area contributed by atoms with E-state index in [-0.39, 0.29) is 70.4 Å². The summed E-state index contributed by atoms with van der Waals surface area (Å²) in [7, 11) is 0. The highest BCUT2D eigenvalue weighted by atomic mass is 127. The zero-order valence-corrected chi connectivity index (χ0v) is 105. The lowest BCUT2D eigenvalue weighted by Crippen LogP contribution is -2.69. The average molecular weight is 3550 g/mol. The van der Waals surface area contributed by atoms with Crippen molar-refractivity contribution in [1.82, 2.24) is 10.6 Å². The molecule has 4 unspecified atom stereocenters. The van der Waals surface area contributed by atoms with Crippen molar-refractivity contribution in [2.75, 3.05) is 6.54 Å². The number of aliphatic carboxylic acids is 4. The number of aromatic hydroxyl groups is 4. The predicted molar refractivity (Wildman–Crippen MR) is 621 cm³/mol. The van der Waals surface area contributed by atoms with Crippen LogP contribution in [0.2, 0.25) is 0 Å². The fourth-order valence-corrected chi connectivity index (χ4v) is 24.8. The van der Waals surface area contributed by atoms with E-state index in [2.05, 4.69) is 345 Å². The van der Waals surface area contributed by atoms with Crippen LogP contribution in [0.25, 0.3) is 0 Å². The summed E-state index contributed by atoms with van der Waals surface area (Å²) in [6, 6.07) is 26.1. The summed E-state index contributed by atoms with van der Waals surface area (Å²) in [6.07, 6.45) is 4.92. The zero-order chi connectivity index (χ0) is 97.3. The third-order valence-electron chi connectivity index (χ3n) is 16.3. The minimum atomic E-state index is -1.16. The number of phenolic OH excluding ortho intramolecular Hbond substituents is 4. The minimum absolute atomic E-state index is 0.0285. The maximum Gasteiger partial charge on any atom is 0.326 e. The Morgan fingerprint density at radius 2 is 0.630 bits per heavy atom. The first-order valence-corrected chi connectivity index (χ1v) is 55.2. The maximum atomic E-state index is 11.6. The summed E-state index contributed by atoms with van der Waals surface area (Å²) in [6.45, 7) is 24.6. The van der Waals surface area contributed by atoms with Gasteiger partial charge in [-0.3, -0.25) is 24.0 Å². The van der Waals surface area contributed by atoms with E-state index in [9.17, 15) is 79.2 Å². The third kappa shape index (κ3) is 46.0. The van der Waals surface area contributed by atoms with Crippen molar-refractivity contribution in [3.05, 3.63) is 176 Å². The van der Waals surface area contributed by atoms with E-state index in [1.54, 1.807) is 55.5 Å². The van der Waals surface area contributed by atoms with E-state index >= 15 is 0 Å². The number of unbranched alkanes of at least 4 members (excludes halogenated alkanes) is 1. The van der Waals surface area contributed by atoms with Gasteiger partial charge in [-0.15, -0.1) is 0 Å². The van der Waals surface area contributed by atoms with Gasteiger partial charge in [0.25, 0.3) is 0 Å². The van der Waals surface area contributed by atoms with Crippen LogP contribution in [-0.4, -0.2) is 114 Å². The summed E-state index contributed by atoms with van der Waals surface area (Å²) in [4.78, 5) is 87.6. The molecule has 0 aromatic heterocycles. The van der Waals surface area contributed by atoms with Crippen LogP contribution in [-0.2, 0) is 68.8 Å². The van der Waals surface area contributed by atoms with E-state index in [1.165, 1.54) is 6.92 Å². The topological polar surface area (TPSA) is 430 Å². The van der Waals surface area contributed by atoms with Crippen molar-refractivity contribution in [2.45, 2.75) is 171 Å². The molecule has 0 fully saturated rings. The van der Waals surface area contributed by atoms with Crippen LogP contribution in [0, 0.1) is 74.9 Å². The standard InChI is InChI=1S/C19H19I4NO4.C17H13I4NO5.2C15H11I4NO4.C8H16O2.C7H14O.C5H10O/c1-2-3-4-24-16(19(26)27)7-10-5-14(22)18(15(23)6-10)28-11-8-12(20)17(25)13(21)9-11;1-7(23)22-14(17(25)26)4-8-2-12(20)16(13(21)3-8)27-9-5-10(18)15(24)11(19)6-9;2*16-8-4-7(5-9(17)13(8)21)24-14-10(18)1-6(2-11(14)19)3-12(20)15(22)23;1-6(2)7(9)10-8(3,4)5;1-4-5-7(8)6(2)3;1-4(2)5(3)6/h5-6,8-9,16,24-25H,2-4,7H2,1H3,(H,26,27);2-3,5-6,14,24H,4H2,1H3,(H,22,23)(H,25,26);2*1-2,4-5,12,21H,3,20H2,(H,22,23);6H,1-5H3;6H,4-5H2,1-3H3;4H,1-3H3. The summed E-state index contributed by atoms with van der Waals surface area (Å²) < 4.78 is 41.8. The fraction of sp³-hybridized carbons (Fsp3) is 0.349. The van der Waals surface area contributed by atoms with E-state index in [1.807, 2.05) is 163 Å². The molecule has 696 valence electrons. The van der Waals surface area contributed by atoms with Crippen molar-refractivity contribution in [3.63, 3.8) is 0 Å². The van der Waals surface area contributed by atoms with Gasteiger partial charge in [0, 0.05) is 44.4 Å². The fourth-order valence-electron chi connectivity index (χ4n) is 9.49. The Balaban J connectivity index is 0.000000527. The second-order valence-electron chi connectivity index (χ2n) is 29.4. The number of quaternary nitrogens is 2. The molecule has 0 aliphatic heterocycles. The molecule has 0 bridgehead atoms. The number of ketones is 2. The third-order valence-corrected chi connectivity index (χ3v) is 29.3. The van der Waals surface area contributed by atoms with Crippen molar-refractivity contribution in [1.29, 1.82) is 0 Å². The Bertz CT molecular complexity index is 4840. The van der Waals surface area contributed by atoms with Crippen LogP contribution in [0.15, 0.2) is 97.1 Å². The zero-order valence-electron chi connectivity index (χ0n) is 70.4. The molecule has 0 aliphatic rings. The number of amides is 1. The number of ether oxygens (including phenoxy) is 5. The molecule has 0 saturated heterocycles. The maximum absolute atomic E-state index is 11.6. The minimum Gasteiger partial charge on any atom is -0.544 e. The second-order valence-corrected chi connectivity index (χ2v) is 48.0. The van der Waals surface area contributed by atoms with Gasteiger partial charge >= 0.3 is 17.9 Å². The Morgan fingerprint density at radius 1 is 0.386 bits per heavy atom. The highest BCUT2D eigenvalue weighted by Gasteiger charge is 2.25. The van der Waals surface area contributed by atoms with Crippen LogP contribution in [0.3, 0.4) is 0 Å². The Morgan fingerprint density at radius 3 is 0.803 bits per heavy atom. The molecule has 0 spiro atoms. The van der Waals surface area contributed by atoms with Gasteiger partial charge in [0.15, 0.2) is 23.0 Å². The van der Waals surface area contributed by atoms with Gasteiger partial charge in [-0.05, 0) is 534 Å². The molecule has 127 heavy (non-hydrogen) atoms. The molecule has 0 heterocycles. The van der Waals surface area contributed by atoms with Crippen LogP contribution in [0.4, 0.5) is 0 Å². The molecule has 25 nitrogen and oxygen atoms in total. The Kier molecular flexibility index (Phi) is 59.4. The number of carboxylic acids is 4. The molecule has 0 aliphatic carbocycles. The monoisotopic (exact) mass is 3550 g/mol. The van der Waals surface area contributed by atoms with E-state index in [0.717, 1.165) is 89.4 Å². The van der Waals surface area contributed by atoms with Crippen molar-refractivity contribution in [2.24, 2.45) is 17.8 Å². The molecule has 8 aromatic carbocycles. The highest BCUT2D eigenvalue weighted by Crippen LogP contribution is 2.43. The van der Waals surface area contributed by atoms with Gasteiger partial charge in [-0.2, -0.15) is 0 Å². The smallest absolute Gasteiger partial charge is 0.326 e. The first-order chi connectivity index (χ1) is 58.8. The van der Waals surface area contributed by atoms with E-state index < -0.39 is 48.0 Å². The Hall–Kier alpha value is -0.120. The Labute approximate surface area is 958 Å². The van der Waals surface area contributed by atoms with Crippen LogP contribution in [0.1, 0.15) is 138 Å². The van der Waals surface area contributed by atoms with Crippen LogP contribution in [0.5, 0.6) is 69.0 Å². The summed E-state index contributed by atoms with van der Waals surface area (Å²) >= 11 is 33.8. The molecule has 4 atom stereocenters. The number of carbonyl (C=O) groups excluding carboxylic acids is 6. The number of halogens is 16. The predicted octanol–water partition coefficient (Wildman–Crippen LogP) is 21.0. The number of carboxylic acid groups (broad SMARTS) is 4. The van der Waals surface area contributed by atoms with Gasteiger partial charge < -0.3 is 96.2 Å². The van der Waals surface area contributed by atoms with Crippen molar-refractivity contribution >= 4 is 409 Å². The number of Topliss-reactive ketones (excluding diaryl/α,β-unsaturated/α-hetero) is 2. The summed E-state index contributed by atoms with van der Waals surface area (Å²) in [5.74, 6) is 2.58.